The van der Waals surface area contributed by atoms with E-state index in [1.807, 2.05) is 60.7 Å². The van der Waals surface area contributed by atoms with Crippen LogP contribution in [0.3, 0.4) is 0 Å². The van der Waals surface area contributed by atoms with Crippen LogP contribution in [-0.4, -0.2) is 51.5 Å². The topological polar surface area (TPSA) is 75.2 Å². The molecule has 0 atom stereocenters. The number of benzodiazepines with no additional fused rings is 1. The van der Waals surface area contributed by atoms with Gasteiger partial charge in [0.2, 0.25) is 5.91 Å². The normalized spacial score (nSPS) is 15.3. The summed E-state index contributed by atoms with van der Waals surface area (Å²) in [7, 11) is 1.78. The lowest BCUT2D eigenvalue weighted by Crippen LogP contribution is -2.36. The second-order valence-corrected chi connectivity index (χ2v) is 7.85. The van der Waals surface area contributed by atoms with E-state index >= 15 is 0 Å². The molecule has 176 valence electrons. The molecule has 2 aliphatic rings. The number of carbonyl (C=O) groups is 1. The van der Waals surface area contributed by atoms with E-state index in [2.05, 4.69) is 38.9 Å². The Morgan fingerprint density at radius 3 is 2.47 bits per heavy atom. The van der Waals surface area contributed by atoms with Crippen molar-refractivity contribution in [2.75, 3.05) is 50.1 Å². The molecule has 0 spiro atoms. The summed E-state index contributed by atoms with van der Waals surface area (Å²) in [6.45, 7) is 4.28. The summed E-state index contributed by atoms with van der Waals surface area (Å²) in [5.41, 5.74) is 8.84. The molecule has 7 heteroatoms. The van der Waals surface area contributed by atoms with E-state index in [0.29, 0.717) is 6.61 Å². The number of ether oxygens (including phenoxy) is 1. The minimum atomic E-state index is -0.0756. The fourth-order valence-electron chi connectivity index (χ4n) is 3.96. The summed E-state index contributed by atoms with van der Waals surface area (Å²) >= 11 is 0. The first-order valence-corrected chi connectivity index (χ1v) is 11.4. The Hall–Kier alpha value is -3.52. The van der Waals surface area contributed by atoms with Crippen molar-refractivity contribution in [1.29, 1.82) is 0 Å². The zero-order chi connectivity index (χ0) is 23.6. The summed E-state index contributed by atoms with van der Waals surface area (Å²) in [6.07, 6.45) is 0. The fraction of sp³-hybridized carbons (Fsp3) is 0.259. The van der Waals surface area contributed by atoms with Crippen LogP contribution in [0.2, 0.25) is 0 Å². The number of anilines is 2. The van der Waals surface area contributed by atoms with Crippen molar-refractivity contribution in [3.8, 4) is 0 Å². The van der Waals surface area contributed by atoms with Crippen LogP contribution in [0.5, 0.6) is 0 Å². The Kier molecular flexibility index (Phi) is 8.40. The molecule has 2 aliphatic heterocycles. The van der Waals surface area contributed by atoms with E-state index in [0.717, 1.165) is 48.8 Å². The molecule has 0 saturated carbocycles. The van der Waals surface area contributed by atoms with E-state index < -0.39 is 0 Å². The quantitative estimate of drug-likeness (QED) is 0.571. The summed E-state index contributed by atoms with van der Waals surface area (Å²) in [4.78, 5) is 23.6. The highest BCUT2D eigenvalue weighted by atomic mass is 16.6. The van der Waals surface area contributed by atoms with Crippen LogP contribution in [0.4, 0.5) is 11.4 Å². The molecule has 1 amide bonds. The number of hydrogen-bond donors (Lipinski definition) is 2. The minimum Gasteiger partial charge on any atom is -0.378 e. The molecule has 1 saturated heterocycles. The van der Waals surface area contributed by atoms with Crippen molar-refractivity contribution in [2.45, 2.75) is 6.61 Å². The second kappa shape index (κ2) is 12.1. The van der Waals surface area contributed by atoms with Gasteiger partial charge in [0.05, 0.1) is 31.2 Å². The molecule has 7 nitrogen and oxygen atoms in total. The molecule has 0 aliphatic carbocycles. The van der Waals surface area contributed by atoms with Gasteiger partial charge in [0, 0.05) is 42.5 Å². The van der Waals surface area contributed by atoms with Crippen LogP contribution in [0.25, 0.3) is 0 Å². The number of hydrogen-bond acceptors (Lipinski definition) is 6. The van der Waals surface area contributed by atoms with E-state index in [-0.39, 0.29) is 12.5 Å². The summed E-state index contributed by atoms with van der Waals surface area (Å²) in [5, 5.41) is 2.87. The number of carbonyl (C=O) groups excluding carboxylic acids is 1. The third-order valence-corrected chi connectivity index (χ3v) is 5.60. The lowest BCUT2D eigenvalue weighted by atomic mass is 10.0. The van der Waals surface area contributed by atoms with Gasteiger partial charge < -0.3 is 15.0 Å². The molecule has 0 bridgehead atoms. The van der Waals surface area contributed by atoms with Crippen molar-refractivity contribution in [2.24, 2.45) is 4.99 Å². The molecular formula is C27H30N4O3. The molecule has 2 N–H and O–H groups in total. The maximum Gasteiger partial charge on any atom is 0.246 e. The van der Waals surface area contributed by atoms with Gasteiger partial charge in [0.1, 0.15) is 6.54 Å². The van der Waals surface area contributed by atoms with Crippen molar-refractivity contribution in [1.82, 2.24) is 5.48 Å². The monoisotopic (exact) mass is 458 g/mol. The molecule has 0 radical (unpaired) electrons. The van der Waals surface area contributed by atoms with Gasteiger partial charge in [0.25, 0.3) is 0 Å². The third-order valence-electron chi connectivity index (χ3n) is 5.60. The highest BCUT2D eigenvalue weighted by Gasteiger charge is 2.17. The molecule has 3 aromatic rings. The lowest BCUT2D eigenvalue weighted by molar-refractivity contribution is -0.114. The lowest BCUT2D eigenvalue weighted by Gasteiger charge is -2.30. The van der Waals surface area contributed by atoms with E-state index in [4.69, 9.17) is 9.57 Å². The number of rotatable bonds is 5. The Morgan fingerprint density at radius 1 is 0.971 bits per heavy atom. The van der Waals surface area contributed by atoms with Crippen molar-refractivity contribution >= 4 is 23.0 Å². The van der Waals surface area contributed by atoms with Crippen LogP contribution in [0.15, 0.2) is 83.9 Å². The predicted molar refractivity (Wildman–Crippen MR) is 135 cm³/mol. The van der Waals surface area contributed by atoms with Crippen molar-refractivity contribution < 1.29 is 14.4 Å². The fourth-order valence-corrected chi connectivity index (χ4v) is 3.96. The highest BCUT2D eigenvalue weighted by Crippen LogP contribution is 2.23. The van der Waals surface area contributed by atoms with Gasteiger partial charge in [0.15, 0.2) is 0 Å². The maximum atomic E-state index is 11.6. The van der Waals surface area contributed by atoms with Crippen LogP contribution < -0.4 is 15.7 Å². The number of benzene rings is 3. The summed E-state index contributed by atoms with van der Waals surface area (Å²) in [5.74, 6) is -0.0756. The van der Waals surface area contributed by atoms with Crippen molar-refractivity contribution in [3.63, 3.8) is 0 Å². The molecule has 34 heavy (non-hydrogen) atoms. The first-order valence-electron chi connectivity index (χ1n) is 11.4. The largest absolute Gasteiger partial charge is 0.378 e. The Morgan fingerprint density at radius 2 is 1.68 bits per heavy atom. The minimum absolute atomic E-state index is 0.0756. The number of fused-ring (bicyclic) bond motifs is 1. The predicted octanol–water partition coefficient (Wildman–Crippen LogP) is 3.65. The molecule has 2 heterocycles. The molecule has 5 rings (SSSR count). The average Bonchev–Trinajstić information content (AvgIpc) is 3.07. The average molecular weight is 459 g/mol. The van der Waals surface area contributed by atoms with E-state index in [1.54, 1.807) is 7.05 Å². The first kappa shape index (κ1) is 23.6. The van der Waals surface area contributed by atoms with Gasteiger partial charge in [-0.3, -0.25) is 14.6 Å². The van der Waals surface area contributed by atoms with Gasteiger partial charge in [-0.15, -0.1) is 0 Å². The molecule has 0 aromatic heterocycles. The van der Waals surface area contributed by atoms with Crippen molar-refractivity contribution in [3.05, 3.63) is 95.6 Å². The van der Waals surface area contributed by atoms with Crippen LogP contribution in [0, 0.1) is 0 Å². The Labute approximate surface area is 200 Å². The number of nitrogens with zero attached hydrogens (tertiary/aromatic N) is 2. The van der Waals surface area contributed by atoms with Crippen LogP contribution in [-0.2, 0) is 21.0 Å². The van der Waals surface area contributed by atoms with Crippen LogP contribution >= 0.6 is 0 Å². The molecule has 0 unspecified atom stereocenters. The second-order valence-electron chi connectivity index (χ2n) is 7.85. The number of nitrogens with one attached hydrogen (secondary N) is 2. The summed E-state index contributed by atoms with van der Waals surface area (Å²) < 4.78 is 5.36. The first-order chi connectivity index (χ1) is 16.8. The smallest absolute Gasteiger partial charge is 0.246 e. The Balaban J connectivity index is 0.000000162. The Bertz CT molecular complexity index is 1110. The highest BCUT2D eigenvalue weighted by molar-refractivity contribution is 6.19. The zero-order valence-corrected chi connectivity index (χ0v) is 19.4. The molecular weight excluding hydrogens is 428 g/mol. The van der Waals surface area contributed by atoms with Gasteiger partial charge in [-0.25, -0.2) is 5.48 Å². The van der Waals surface area contributed by atoms with E-state index in [1.165, 1.54) is 11.3 Å². The zero-order valence-electron chi connectivity index (χ0n) is 19.4. The molecule has 1 fully saturated rings. The van der Waals surface area contributed by atoms with Gasteiger partial charge >= 0.3 is 0 Å². The molecule has 3 aromatic carbocycles. The van der Waals surface area contributed by atoms with Gasteiger partial charge in [-0.2, -0.15) is 0 Å². The number of hydroxylamine groups is 1. The standard InChI is InChI=1S/C15H12N2O.C12H18N2O2/c18-14-10-16-15(11-6-2-1-3-7-11)12-8-4-5-9-13(12)17-14;1-13-16-10-11-4-2-3-5-12(11)14-6-8-15-9-7-14/h1-9H,10H2,(H,17,18);2-5,13H,6-10H2,1H3. The SMILES string of the molecule is CNOCc1ccccc1N1CCOCC1.O=C1CN=C(c2ccccc2)c2ccccc2N1. The number of amides is 1. The van der Waals surface area contributed by atoms with Gasteiger partial charge in [-0.1, -0.05) is 66.7 Å². The van der Waals surface area contributed by atoms with Crippen LogP contribution in [0.1, 0.15) is 16.7 Å². The van der Waals surface area contributed by atoms with Gasteiger partial charge in [-0.05, 0) is 12.1 Å². The number of aliphatic imine (C=N–C) groups is 1. The van der Waals surface area contributed by atoms with E-state index in [9.17, 15) is 4.79 Å². The summed E-state index contributed by atoms with van der Waals surface area (Å²) in [6, 6.07) is 26.0. The number of morpholine rings is 1. The third kappa shape index (κ3) is 6.08. The maximum absolute atomic E-state index is 11.6. The number of para-hydroxylation sites is 2.